The van der Waals surface area contributed by atoms with Gasteiger partial charge in [-0.15, -0.1) is 0 Å². The molecule has 266 valence electrons. The first-order valence-corrected chi connectivity index (χ1v) is 19.1. The van der Waals surface area contributed by atoms with Crippen molar-refractivity contribution in [2.24, 2.45) is 5.41 Å². The number of aromatic nitrogens is 3. The Morgan fingerprint density at radius 2 is 1.70 bits per heavy atom. The number of hydrogen-bond acceptors (Lipinski definition) is 8. The SMILES string of the molecule is Cc1c(CN2CCC3(CC2)CN(c2ncnc4ccc(CC(F)(F)F)cc24)C3)ccc2c1cc(C#N)n2C[C@H](C)N1CCN(S(C)(=O)=O)CC1. The second-order valence-corrected chi connectivity index (χ2v) is 16.5. The van der Waals surface area contributed by atoms with Crippen LogP contribution in [0.15, 0.2) is 42.7 Å². The van der Waals surface area contributed by atoms with Crippen LogP contribution in [0.1, 0.15) is 42.1 Å². The monoisotopic (exact) mass is 708 g/mol. The largest absolute Gasteiger partial charge is 0.393 e. The molecule has 5 heterocycles. The molecule has 4 aromatic rings. The smallest absolute Gasteiger partial charge is 0.355 e. The number of alkyl halides is 3. The van der Waals surface area contributed by atoms with Crippen molar-refractivity contribution in [1.29, 1.82) is 5.26 Å². The summed E-state index contributed by atoms with van der Waals surface area (Å²) in [5.74, 6) is 0.712. The molecule has 7 rings (SSSR count). The number of nitriles is 1. The number of likely N-dealkylation sites (tertiary alicyclic amines) is 1. The van der Waals surface area contributed by atoms with E-state index in [0.29, 0.717) is 55.1 Å². The van der Waals surface area contributed by atoms with Crippen LogP contribution in [0.25, 0.3) is 21.8 Å². The van der Waals surface area contributed by atoms with E-state index in [1.165, 1.54) is 34.1 Å². The number of halogens is 3. The highest BCUT2D eigenvalue weighted by molar-refractivity contribution is 7.88. The van der Waals surface area contributed by atoms with Crippen LogP contribution in [0.3, 0.4) is 0 Å². The van der Waals surface area contributed by atoms with Gasteiger partial charge in [-0.25, -0.2) is 18.4 Å². The van der Waals surface area contributed by atoms with E-state index in [0.717, 1.165) is 56.5 Å². The van der Waals surface area contributed by atoms with Gasteiger partial charge in [-0.2, -0.15) is 22.7 Å². The van der Waals surface area contributed by atoms with Crippen molar-refractivity contribution < 1.29 is 21.6 Å². The summed E-state index contributed by atoms with van der Waals surface area (Å²) in [6.07, 6.45) is -0.410. The van der Waals surface area contributed by atoms with Crippen molar-refractivity contribution >= 4 is 37.6 Å². The van der Waals surface area contributed by atoms with E-state index >= 15 is 0 Å². The Kier molecular flexibility index (Phi) is 9.07. The van der Waals surface area contributed by atoms with E-state index in [1.54, 1.807) is 12.1 Å². The average Bonchev–Trinajstić information content (AvgIpc) is 3.42. The van der Waals surface area contributed by atoms with Crippen LogP contribution in [0.4, 0.5) is 19.0 Å². The van der Waals surface area contributed by atoms with Crippen molar-refractivity contribution in [2.45, 2.75) is 58.4 Å². The third-order valence-electron chi connectivity index (χ3n) is 11.1. The minimum atomic E-state index is -4.27. The summed E-state index contributed by atoms with van der Waals surface area (Å²) in [5.41, 5.74) is 5.14. The molecule has 3 aliphatic heterocycles. The molecule has 0 aliphatic carbocycles. The van der Waals surface area contributed by atoms with Gasteiger partial charge in [0, 0.05) is 80.1 Å². The van der Waals surface area contributed by atoms with Gasteiger partial charge in [-0.3, -0.25) is 9.80 Å². The van der Waals surface area contributed by atoms with Gasteiger partial charge in [0.1, 0.15) is 23.9 Å². The summed E-state index contributed by atoms with van der Waals surface area (Å²) in [5, 5.41) is 11.8. The number of nitrogens with zero attached hydrogens (tertiary/aromatic N) is 8. The molecule has 3 fully saturated rings. The summed E-state index contributed by atoms with van der Waals surface area (Å²) in [6.45, 7) is 11.6. The molecule has 14 heteroatoms. The lowest BCUT2D eigenvalue weighted by Crippen LogP contribution is -2.60. The quantitative estimate of drug-likeness (QED) is 0.254. The topological polar surface area (TPSA) is 102 Å². The number of rotatable bonds is 8. The molecule has 0 unspecified atom stereocenters. The van der Waals surface area contributed by atoms with Gasteiger partial charge in [0.15, 0.2) is 0 Å². The number of benzene rings is 2. The van der Waals surface area contributed by atoms with Gasteiger partial charge in [-0.1, -0.05) is 12.1 Å². The van der Waals surface area contributed by atoms with Crippen LogP contribution in [0.5, 0.6) is 0 Å². The van der Waals surface area contributed by atoms with Crippen molar-refractivity contribution in [2.75, 3.05) is 63.5 Å². The van der Waals surface area contributed by atoms with E-state index in [9.17, 15) is 26.9 Å². The lowest BCUT2D eigenvalue weighted by Gasteiger charge is -2.54. The van der Waals surface area contributed by atoms with E-state index in [4.69, 9.17) is 0 Å². The van der Waals surface area contributed by atoms with Crippen LogP contribution < -0.4 is 4.90 Å². The fraction of sp³-hybridized carbons (Fsp3) is 0.528. The highest BCUT2D eigenvalue weighted by atomic mass is 32.2. The van der Waals surface area contributed by atoms with Crippen LogP contribution in [0, 0.1) is 23.7 Å². The summed E-state index contributed by atoms with van der Waals surface area (Å²) < 4.78 is 66.7. The molecular weight excluding hydrogens is 666 g/mol. The van der Waals surface area contributed by atoms with Crippen molar-refractivity contribution in [3.8, 4) is 6.07 Å². The van der Waals surface area contributed by atoms with E-state index < -0.39 is 22.6 Å². The lowest BCUT2D eigenvalue weighted by atomic mass is 9.72. The molecule has 0 N–H and O–H groups in total. The summed E-state index contributed by atoms with van der Waals surface area (Å²) in [6, 6.07) is 13.6. The van der Waals surface area contributed by atoms with Crippen LogP contribution in [-0.2, 0) is 29.5 Å². The van der Waals surface area contributed by atoms with Crippen molar-refractivity contribution in [1.82, 2.24) is 28.6 Å². The molecule has 0 bridgehead atoms. The standard InChI is InChI=1S/C36H43F3N8O2S/c1-25(44-12-14-46(15-13-44)50(3,48)49)20-47-29(19-40)17-30-26(2)28(5-7-33(30)47)21-43-10-8-35(9-11-43)22-45(23-35)34-31-16-27(18-36(37,38)39)4-6-32(31)41-24-42-34/h4-7,16-17,24-25H,8-15,18,20-23H2,1-3H3/t25-/m0/s1. The molecule has 0 amide bonds. The third kappa shape index (κ3) is 6.93. The van der Waals surface area contributed by atoms with Gasteiger partial charge in [0.2, 0.25) is 10.0 Å². The Balaban J connectivity index is 0.981. The molecule has 0 saturated carbocycles. The van der Waals surface area contributed by atoms with Crippen LogP contribution >= 0.6 is 0 Å². The maximum absolute atomic E-state index is 13.1. The lowest BCUT2D eigenvalue weighted by molar-refractivity contribution is -0.127. The molecular formula is C36H43F3N8O2S. The Morgan fingerprint density at radius 1 is 0.980 bits per heavy atom. The van der Waals surface area contributed by atoms with Gasteiger partial charge >= 0.3 is 6.18 Å². The molecule has 1 atom stereocenters. The minimum absolute atomic E-state index is 0.141. The highest BCUT2D eigenvalue weighted by Crippen LogP contribution is 2.44. The maximum atomic E-state index is 13.1. The minimum Gasteiger partial charge on any atom is -0.355 e. The molecule has 10 nitrogen and oxygen atoms in total. The summed E-state index contributed by atoms with van der Waals surface area (Å²) >= 11 is 0. The average molecular weight is 709 g/mol. The number of fused-ring (bicyclic) bond motifs is 2. The van der Waals surface area contributed by atoms with Gasteiger partial charge in [0.25, 0.3) is 0 Å². The van der Waals surface area contributed by atoms with Gasteiger partial charge < -0.3 is 9.47 Å². The summed E-state index contributed by atoms with van der Waals surface area (Å²) in [4.78, 5) is 15.8. The maximum Gasteiger partial charge on any atom is 0.393 e. The Bertz CT molecular complexity index is 2050. The number of piperazine rings is 1. The van der Waals surface area contributed by atoms with Crippen LogP contribution in [0.2, 0.25) is 0 Å². The zero-order valence-corrected chi connectivity index (χ0v) is 29.6. The first kappa shape index (κ1) is 34.7. The first-order valence-electron chi connectivity index (χ1n) is 17.2. The Hall–Kier alpha value is -3.77. The number of sulfonamides is 1. The van der Waals surface area contributed by atoms with Gasteiger partial charge in [-0.05, 0) is 80.7 Å². The molecule has 2 aromatic heterocycles. The van der Waals surface area contributed by atoms with E-state index in [1.807, 2.05) is 6.07 Å². The Morgan fingerprint density at radius 3 is 2.36 bits per heavy atom. The van der Waals surface area contributed by atoms with Gasteiger partial charge in [0.05, 0.1) is 18.2 Å². The van der Waals surface area contributed by atoms with Crippen LogP contribution in [-0.4, -0.2) is 108 Å². The number of aryl methyl sites for hydroxylation is 1. The number of anilines is 1. The number of hydrogen-bond donors (Lipinski definition) is 0. The van der Waals surface area contributed by atoms with Crippen molar-refractivity contribution in [3.63, 3.8) is 0 Å². The predicted molar refractivity (Wildman–Crippen MR) is 187 cm³/mol. The fourth-order valence-electron chi connectivity index (χ4n) is 8.18. The second kappa shape index (κ2) is 13.1. The molecule has 2 aromatic carbocycles. The zero-order chi connectivity index (χ0) is 35.4. The fourth-order valence-corrected chi connectivity index (χ4v) is 9.00. The first-order chi connectivity index (χ1) is 23.7. The molecule has 0 radical (unpaired) electrons. The second-order valence-electron chi connectivity index (χ2n) is 14.6. The highest BCUT2D eigenvalue weighted by Gasteiger charge is 2.45. The number of piperidine rings is 1. The van der Waals surface area contributed by atoms with E-state index in [-0.39, 0.29) is 17.0 Å². The van der Waals surface area contributed by atoms with Crippen molar-refractivity contribution in [3.05, 3.63) is 65.1 Å². The van der Waals surface area contributed by atoms with E-state index in [2.05, 4.69) is 61.3 Å². The Labute approximate surface area is 291 Å². The molecule has 1 spiro atoms. The summed E-state index contributed by atoms with van der Waals surface area (Å²) in [7, 11) is -3.19. The third-order valence-corrected chi connectivity index (χ3v) is 12.4. The zero-order valence-electron chi connectivity index (χ0n) is 28.7. The predicted octanol–water partition coefficient (Wildman–Crippen LogP) is 4.94. The normalized spacial score (nSPS) is 20.0. The molecule has 3 saturated heterocycles. The molecule has 3 aliphatic rings. The molecule has 50 heavy (non-hydrogen) atoms.